The van der Waals surface area contributed by atoms with Crippen LogP contribution >= 0.6 is 11.3 Å². The van der Waals surface area contributed by atoms with Crippen LogP contribution in [0.2, 0.25) is 0 Å². The Morgan fingerprint density at radius 3 is 2.60 bits per heavy atom. The number of nitrogens with two attached hydrogens (primary N) is 1. The Bertz CT molecular complexity index is 207. The van der Waals surface area contributed by atoms with Gasteiger partial charge in [0.1, 0.15) is 0 Å². The molecule has 2 N–H and O–H groups in total. The second-order valence-electron chi connectivity index (χ2n) is 2.36. The van der Waals surface area contributed by atoms with Crippen LogP contribution < -0.4 is 10.5 Å². The van der Waals surface area contributed by atoms with E-state index in [1.807, 2.05) is 24.6 Å². The summed E-state index contributed by atoms with van der Waals surface area (Å²) >= 11 is 1.56. The van der Waals surface area contributed by atoms with Crippen LogP contribution in [0.3, 0.4) is 0 Å². The van der Waals surface area contributed by atoms with Crippen molar-refractivity contribution in [1.29, 1.82) is 0 Å². The van der Waals surface area contributed by atoms with Gasteiger partial charge in [0.2, 0.25) is 0 Å². The third kappa shape index (κ3) is 1.64. The van der Waals surface area contributed by atoms with E-state index in [0.29, 0.717) is 0 Å². The normalized spacial score (nSPS) is 10.3. The first-order valence-corrected chi connectivity index (χ1v) is 4.12. The van der Waals surface area contributed by atoms with Crippen molar-refractivity contribution in [1.82, 2.24) is 0 Å². The number of thiophene rings is 1. The third-order valence-corrected chi connectivity index (χ3v) is 1.76. The van der Waals surface area contributed by atoms with Crippen molar-refractivity contribution in [3.05, 3.63) is 10.8 Å². The number of ether oxygens (including phenoxy) is 1. The van der Waals surface area contributed by atoms with Gasteiger partial charge in [-0.25, -0.2) is 0 Å². The van der Waals surface area contributed by atoms with Crippen molar-refractivity contribution in [3.8, 4) is 5.75 Å². The zero-order chi connectivity index (χ0) is 7.56. The minimum atomic E-state index is 0.205. The van der Waals surface area contributed by atoms with Gasteiger partial charge in [-0.2, -0.15) is 0 Å². The Kier molecular flexibility index (Phi) is 2.17. The summed E-state index contributed by atoms with van der Waals surface area (Å²) in [5, 5.41) is 3.78. The van der Waals surface area contributed by atoms with Crippen molar-refractivity contribution < 1.29 is 4.74 Å². The lowest BCUT2D eigenvalue weighted by Crippen LogP contribution is -2.05. The van der Waals surface area contributed by atoms with Crippen LogP contribution in [0.4, 0.5) is 5.69 Å². The maximum Gasteiger partial charge on any atom is 0.153 e. The highest BCUT2D eigenvalue weighted by Gasteiger charge is 2.01. The summed E-state index contributed by atoms with van der Waals surface area (Å²) in [5.74, 6) is 0.806. The first-order valence-electron chi connectivity index (χ1n) is 3.18. The van der Waals surface area contributed by atoms with Crippen LogP contribution in [0.5, 0.6) is 5.75 Å². The molecule has 1 aromatic heterocycles. The van der Waals surface area contributed by atoms with E-state index in [9.17, 15) is 0 Å². The molecule has 3 heteroatoms. The van der Waals surface area contributed by atoms with Crippen LogP contribution in [-0.2, 0) is 0 Å². The minimum absolute atomic E-state index is 0.205. The first-order chi connectivity index (χ1) is 4.70. The Morgan fingerprint density at radius 2 is 2.20 bits per heavy atom. The molecule has 1 rings (SSSR count). The molecule has 10 heavy (non-hydrogen) atoms. The van der Waals surface area contributed by atoms with E-state index in [1.54, 1.807) is 11.3 Å². The van der Waals surface area contributed by atoms with Crippen molar-refractivity contribution in [3.63, 3.8) is 0 Å². The lowest BCUT2D eigenvalue weighted by atomic mass is 10.4. The molecule has 0 unspecified atom stereocenters. The standard InChI is InChI=1S/C7H11NOS/c1-5(2)9-7-4-10-3-6(7)8/h3-5H,8H2,1-2H3. The van der Waals surface area contributed by atoms with Gasteiger partial charge in [-0.15, -0.1) is 11.3 Å². The van der Waals surface area contributed by atoms with Gasteiger partial charge in [0.15, 0.2) is 5.75 Å². The smallest absolute Gasteiger partial charge is 0.153 e. The summed E-state index contributed by atoms with van der Waals surface area (Å²) in [6, 6.07) is 0. The SMILES string of the molecule is CC(C)Oc1cscc1N. The van der Waals surface area contributed by atoms with Gasteiger partial charge < -0.3 is 10.5 Å². The molecule has 0 atom stereocenters. The van der Waals surface area contributed by atoms with Gasteiger partial charge in [-0.3, -0.25) is 0 Å². The highest BCUT2D eigenvalue weighted by molar-refractivity contribution is 7.08. The summed E-state index contributed by atoms with van der Waals surface area (Å²) in [7, 11) is 0. The molecule has 0 saturated heterocycles. The van der Waals surface area contributed by atoms with Crippen molar-refractivity contribution in [2.45, 2.75) is 20.0 Å². The lowest BCUT2D eigenvalue weighted by Gasteiger charge is -2.07. The Hall–Kier alpha value is -0.700. The fourth-order valence-corrected chi connectivity index (χ4v) is 1.29. The summed E-state index contributed by atoms with van der Waals surface area (Å²) < 4.78 is 5.37. The summed E-state index contributed by atoms with van der Waals surface area (Å²) in [4.78, 5) is 0. The van der Waals surface area contributed by atoms with Gasteiger partial charge in [-0.1, -0.05) is 0 Å². The zero-order valence-electron chi connectivity index (χ0n) is 6.13. The first kappa shape index (κ1) is 7.41. The number of rotatable bonds is 2. The van der Waals surface area contributed by atoms with E-state index in [2.05, 4.69) is 0 Å². The molecule has 0 amide bonds. The monoisotopic (exact) mass is 157 g/mol. The summed E-state index contributed by atoms with van der Waals surface area (Å²) in [5.41, 5.74) is 6.31. The number of anilines is 1. The largest absolute Gasteiger partial charge is 0.488 e. The van der Waals surface area contributed by atoms with E-state index in [4.69, 9.17) is 10.5 Å². The average Bonchev–Trinajstić information content (AvgIpc) is 2.15. The van der Waals surface area contributed by atoms with Crippen LogP contribution in [0.15, 0.2) is 10.8 Å². The summed E-state index contributed by atoms with van der Waals surface area (Å²) in [6.45, 7) is 3.97. The van der Waals surface area contributed by atoms with E-state index in [1.165, 1.54) is 0 Å². The quantitative estimate of drug-likeness (QED) is 0.713. The molecule has 2 nitrogen and oxygen atoms in total. The molecule has 1 heterocycles. The van der Waals surface area contributed by atoms with Crippen molar-refractivity contribution in [2.75, 3.05) is 5.73 Å². The molecule has 0 spiro atoms. The average molecular weight is 157 g/mol. The molecular weight excluding hydrogens is 146 g/mol. The molecule has 0 fully saturated rings. The Labute approximate surface area is 64.6 Å². The molecule has 56 valence electrons. The van der Waals surface area contributed by atoms with Crippen molar-refractivity contribution >= 4 is 17.0 Å². The lowest BCUT2D eigenvalue weighted by molar-refractivity contribution is 0.245. The molecule has 1 aromatic rings. The predicted octanol–water partition coefficient (Wildman–Crippen LogP) is 2.12. The molecule has 0 bridgehead atoms. The van der Waals surface area contributed by atoms with Gasteiger partial charge in [-0.05, 0) is 13.8 Å². The van der Waals surface area contributed by atoms with Crippen LogP contribution in [0.1, 0.15) is 13.8 Å². The topological polar surface area (TPSA) is 35.2 Å². The molecule has 0 aliphatic carbocycles. The van der Waals surface area contributed by atoms with Gasteiger partial charge in [0.05, 0.1) is 11.8 Å². The van der Waals surface area contributed by atoms with E-state index < -0.39 is 0 Å². The third-order valence-electron chi connectivity index (χ3n) is 1.02. The molecule has 0 saturated carbocycles. The number of hydrogen-bond donors (Lipinski definition) is 1. The second-order valence-corrected chi connectivity index (χ2v) is 3.10. The fraction of sp³-hybridized carbons (Fsp3) is 0.429. The van der Waals surface area contributed by atoms with Crippen LogP contribution in [-0.4, -0.2) is 6.10 Å². The molecule has 0 aliphatic heterocycles. The number of hydrogen-bond acceptors (Lipinski definition) is 3. The highest BCUT2D eigenvalue weighted by Crippen LogP contribution is 2.26. The molecule has 0 radical (unpaired) electrons. The Balaban J connectivity index is 2.65. The van der Waals surface area contributed by atoms with Crippen molar-refractivity contribution in [2.24, 2.45) is 0 Å². The maximum absolute atomic E-state index is 5.57. The van der Waals surface area contributed by atoms with Crippen LogP contribution in [0, 0.1) is 0 Å². The number of nitrogen functional groups attached to an aromatic ring is 1. The fourth-order valence-electron chi connectivity index (χ4n) is 0.645. The molecule has 0 aliphatic rings. The van der Waals surface area contributed by atoms with Gasteiger partial charge in [0.25, 0.3) is 0 Å². The van der Waals surface area contributed by atoms with Gasteiger partial charge in [0, 0.05) is 10.8 Å². The van der Waals surface area contributed by atoms with Gasteiger partial charge >= 0.3 is 0 Å². The second kappa shape index (κ2) is 2.92. The highest BCUT2D eigenvalue weighted by atomic mass is 32.1. The van der Waals surface area contributed by atoms with E-state index >= 15 is 0 Å². The van der Waals surface area contributed by atoms with E-state index in [0.717, 1.165) is 11.4 Å². The van der Waals surface area contributed by atoms with Crippen LogP contribution in [0.25, 0.3) is 0 Å². The molecular formula is C7H11NOS. The zero-order valence-corrected chi connectivity index (χ0v) is 6.94. The maximum atomic E-state index is 5.57. The van der Waals surface area contributed by atoms with E-state index in [-0.39, 0.29) is 6.10 Å². The molecule has 0 aromatic carbocycles. The Morgan fingerprint density at radius 1 is 1.50 bits per heavy atom. The summed E-state index contributed by atoms with van der Waals surface area (Å²) in [6.07, 6.45) is 0.205. The minimum Gasteiger partial charge on any atom is -0.488 e. The predicted molar refractivity (Wildman–Crippen MR) is 44.5 cm³/mol.